The fourth-order valence-corrected chi connectivity index (χ4v) is 2.66. The molecule has 0 aliphatic carbocycles. The molecule has 3 heterocycles. The van der Waals surface area contributed by atoms with Crippen LogP contribution in [0.4, 0.5) is 5.95 Å². The van der Waals surface area contributed by atoms with Crippen LogP contribution in [-0.4, -0.2) is 30.9 Å². The molecule has 3 aromatic rings. The van der Waals surface area contributed by atoms with E-state index in [1.807, 2.05) is 31.4 Å². The van der Waals surface area contributed by atoms with E-state index in [0.717, 1.165) is 16.4 Å². The van der Waals surface area contributed by atoms with Gasteiger partial charge in [0.2, 0.25) is 5.95 Å². The molecule has 7 nitrogen and oxygen atoms in total. The van der Waals surface area contributed by atoms with Gasteiger partial charge in [-0.05, 0) is 17.5 Å². The average Bonchev–Trinajstić information content (AvgIpc) is 3.16. The molecule has 0 saturated carbocycles. The van der Waals surface area contributed by atoms with Gasteiger partial charge in [-0.25, -0.2) is 0 Å². The van der Waals surface area contributed by atoms with Crippen LogP contribution in [0.15, 0.2) is 23.6 Å². The predicted octanol–water partition coefficient (Wildman–Crippen LogP) is 2.64. The third-order valence-electron chi connectivity index (χ3n) is 3.16. The van der Waals surface area contributed by atoms with E-state index in [9.17, 15) is 4.79 Å². The summed E-state index contributed by atoms with van der Waals surface area (Å²) in [5, 5.41) is 15.8. The van der Waals surface area contributed by atoms with Gasteiger partial charge in [-0.1, -0.05) is 19.9 Å². The molecular weight excluding hydrogens is 300 g/mol. The summed E-state index contributed by atoms with van der Waals surface area (Å²) < 4.78 is 1.56. The van der Waals surface area contributed by atoms with Crippen molar-refractivity contribution in [3.05, 3.63) is 35.1 Å². The van der Waals surface area contributed by atoms with Gasteiger partial charge in [0.15, 0.2) is 0 Å². The van der Waals surface area contributed by atoms with Crippen LogP contribution in [-0.2, 0) is 7.05 Å². The first-order valence-corrected chi connectivity index (χ1v) is 7.74. The number of anilines is 1. The number of hydrogen-bond donors (Lipinski definition) is 2. The van der Waals surface area contributed by atoms with Crippen LogP contribution in [0, 0.1) is 0 Å². The zero-order valence-electron chi connectivity index (χ0n) is 12.5. The van der Waals surface area contributed by atoms with Crippen molar-refractivity contribution >= 4 is 23.2 Å². The first-order valence-electron chi connectivity index (χ1n) is 6.86. The summed E-state index contributed by atoms with van der Waals surface area (Å²) in [5.41, 5.74) is 1.24. The Morgan fingerprint density at radius 2 is 2.27 bits per heavy atom. The zero-order chi connectivity index (χ0) is 15.7. The van der Waals surface area contributed by atoms with E-state index in [1.165, 1.54) is 0 Å². The van der Waals surface area contributed by atoms with Gasteiger partial charge < -0.3 is 0 Å². The number of aromatic amines is 1. The zero-order valence-corrected chi connectivity index (χ0v) is 13.3. The fourth-order valence-electron chi connectivity index (χ4n) is 1.98. The van der Waals surface area contributed by atoms with Gasteiger partial charge in [-0.3, -0.25) is 19.9 Å². The monoisotopic (exact) mass is 316 g/mol. The van der Waals surface area contributed by atoms with Gasteiger partial charge in [0, 0.05) is 13.0 Å². The summed E-state index contributed by atoms with van der Waals surface area (Å²) in [5.74, 6) is 0.944. The molecule has 3 rings (SSSR count). The van der Waals surface area contributed by atoms with E-state index in [-0.39, 0.29) is 17.8 Å². The van der Waals surface area contributed by atoms with Crippen LogP contribution in [0.3, 0.4) is 0 Å². The number of carbonyl (C=O) groups excluding carboxylic acids is 1. The smallest absolute Gasteiger partial charge is 0.276 e. The summed E-state index contributed by atoms with van der Waals surface area (Å²) in [7, 11) is 1.74. The minimum atomic E-state index is -0.285. The molecule has 0 fully saturated rings. The molecule has 0 unspecified atom stereocenters. The van der Waals surface area contributed by atoms with Crippen LogP contribution in [0.1, 0.15) is 36.1 Å². The van der Waals surface area contributed by atoms with Gasteiger partial charge in [0.25, 0.3) is 5.91 Å². The normalized spacial score (nSPS) is 11.1. The van der Waals surface area contributed by atoms with E-state index in [4.69, 9.17) is 0 Å². The minimum Gasteiger partial charge on any atom is -0.288 e. The molecule has 3 aromatic heterocycles. The summed E-state index contributed by atoms with van der Waals surface area (Å²) in [4.78, 5) is 17.6. The maximum atomic E-state index is 12.3. The summed E-state index contributed by atoms with van der Waals surface area (Å²) >= 11 is 1.58. The molecule has 0 atom stereocenters. The lowest BCUT2D eigenvalue weighted by Crippen LogP contribution is -2.16. The van der Waals surface area contributed by atoms with Crippen molar-refractivity contribution in [2.45, 2.75) is 19.8 Å². The summed E-state index contributed by atoms with van der Waals surface area (Å²) in [6.45, 7) is 4.00. The topological polar surface area (TPSA) is 88.5 Å². The number of thiophene rings is 1. The molecule has 0 aliphatic heterocycles. The molecule has 0 aliphatic rings. The quantitative estimate of drug-likeness (QED) is 0.774. The predicted molar refractivity (Wildman–Crippen MR) is 84.9 cm³/mol. The Morgan fingerprint density at radius 3 is 2.91 bits per heavy atom. The third kappa shape index (κ3) is 2.77. The number of carbonyl (C=O) groups is 1. The first kappa shape index (κ1) is 14.5. The highest BCUT2D eigenvalue weighted by atomic mass is 32.1. The maximum Gasteiger partial charge on any atom is 0.276 e. The number of amides is 1. The van der Waals surface area contributed by atoms with Gasteiger partial charge in [0.05, 0.1) is 4.88 Å². The molecule has 0 spiro atoms. The number of aryl methyl sites for hydroxylation is 1. The molecule has 8 heteroatoms. The van der Waals surface area contributed by atoms with Crippen molar-refractivity contribution in [2.24, 2.45) is 7.05 Å². The van der Waals surface area contributed by atoms with Crippen molar-refractivity contribution in [2.75, 3.05) is 5.32 Å². The molecule has 0 aromatic carbocycles. The lowest BCUT2D eigenvalue weighted by Gasteiger charge is -2.00. The molecule has 1 amide bonds. The number of hydrogen-bond acceptors (Lipinski definition) is 5. The number of nitrogens with one attached hydrogen (secondary N) is 2. The summed E-state index contributed by atoms with van der Waals surface area (Å²) in [6.07, 6.45) is 0. The minimum absolute atomic E-state index is 0.222. The molecule has 0 radical (unpaired) electrons. The Hall–Kier alpha value is -2.48. The molecule has 0 bridgehead atoms. The van der Waals surface area contributed by atoms with Crippen LogP contribution in [0.25, 0.3) is 10.6 Å². The van der Waals surface area contributed by atoms with Gasteiger partial charge in [-0.2, -0.15) is 10.1 Å². The lowest BCUT2D eigenvalue weighted by molar-refractivity contribution is 0.101. The van der Waals surface area contributed by atoms with Crippen molar-refractivity contribution in [1.29, 1.82) is 0 Å². The Labute approximate surface area is 131 Å². The van der Waals surface area contributed by atoms with E-state index in [1.54, 1.807) is 29.1 Å². The standard InChI is InChI=1S/C14H16N6OS/c1-8(2)12-15-14(18-17-12)16-13(21)10-7-9(19-20(10)3)11-5-4-6-22-11/h4-8H,1-3H3,(H2,15,16,17,18,21). The SMILES string of the molecule is CC(C)c1nc(NC(=O)c2cc(-c3cccs3)nn2C)n[nH]1. The Morgan fingerprint density at radius 1 is 1.45 bits per heavy atom. The van der Waals surface area contributed by atoms with Crippen molar-refractivity contribution in [3.8, 4) is 10.6 Å². The van der Waals surface area contributed by atoms with Crippen molar-refractivity contribution < 1.29 is 4.79 Å². The van der Waals surface area contributed by atoms with Crippen LogP contribution in [0.5, 0.6) is 0 Å². The number of nitrogens with zero attached hydrogens (tertiary/aromatic N) is 4. The van der Waals surface area contributed by atoms with E-state index >= 15 is 0 Å². The van der Waals surface area contributed by atoms with Crippen molar-refractivity contribution in [3.63, 3.8) is 0 Å². The molecule has 2 N–H and O–H groups in total. The highest BCUT2D eigenvalue weighted by Crippen LogP contribution is 2.24. The first-order chi connectivity index (χ1) is 10.5. The molecule has 114 valence electrons. The van der Waals surface area contributed by atoms with Gasteiger partial charge >= 0.3 is 0 Å². The Bertz CT molecular complexity index is 786. The Kier molecular flexibility index (Phi) is 3.76. The second-order valence-corrected chi connectivity index (χ2v) is 6.12. The van der Waals surface area contributed by atoms with E-state index in [0.29, 0.717) is 5.69 Å². The fraction of sp³-hybridized carbons (Fsp3) is 0.286. The maximum absolute atomic E-state index is 12.3. The second-order valence-electron chi connectivity index (χ2n) is 5.17. The number of rotatable bonds is 4. The molecular formula is C14H16N6OS. The van der Waals surface area contributed by atoms with Gasteiger partial charge in [0.1, 0.15) is 17.2 Å². The highest BCUT2D eigenvalue weighted by Gasteiger charge is 2.17. The van der Waals surface area contributed by atoms with Gasteiger partial charge in [-0.15, -0.1) is 16.4 Å². The highest BCUT2D eigenvalue weighted by molar-refractivity contribution is 7.13. The second kappa shape index (κ2) is 5.72. The average molecular weight is 316 g/mol. The van der Waals surface area contributed by atoms with Crippen LogP contribution < -0.4 is 5.32 Å². The Balaban J connectivity index is 1.80. The summed E-state index contributed by atoms with van der Waals surface area (Å²) in [6, 6.07) is 5.69. The molecule has 0 saturated heterocycles. The van der Waals surface area contributed by atoms with Crippen LogP contribution >= 0.6 is 11.3 Å². The third-order valence-corrected chi connectivity index (χ3v) is 4.05. The van der Waals surface area contributed by atoms with E-state index in [2.05, 4.69) is 25.6 Å². The van der Waals surface area contributed by atoms with Crippen molar-refractivity contribution in [1.82, 2.24) is 25.0 Å². The molecule has 22 heavy (non-hydrogen) atoms. The largest absolute Gasteiger partial charge is 0.288 e. The number of H-pyrrole nitrogens is 1. The van der Waals surface area contributed by atoms with E-state index < -0.39 is 0 Å². The van der Waals surface area contributed by atoms with Crippen LogP contribution in [0.2, 0.25) is 0 Å². The lowest BCUT2D eigenvalue weighted by atomic mass is 10.2. The number of aromatic nitrogens is 5.